The fraction of sp³-hybridized carbons (Fsp3) is 0.556. The van der Waals surface area contributed by atoms with E-state index in [0.29, 0.717) is 11.6 Å². The minimum atomic E-state index is 0.233. The second-order valence-electron chi connectivity index (χ2n) is 5.20. The molecule has 21 heavy (non-hydrogen) atoms. The van der Waals surface area contributed by atoms with Crippen LogP contribution in [0.3, 0.4) is 0 Å². The molecule has 0 fully saturated rings. The molecular weight excluding hydrogens is 260 g/mol. The SMILES string of the molecule is CC.CCC/C(=C\N(N)c1ccc(C(C)C)cc1O)CC. The molecule has 3 nitrogen and oxygen atoms in total. The molecule has 0 aliphatic rings. The van der Waals surface area contributed by atoms with Crippen LogP contribution in [-0.2, 0) is 0 Å². The van der Waals surface area contributed by atoms with Gasteiger partial charge in [0.15, 0.2) is 0 Å². The molecule has 0 bridgehead atoms. The predicted molar refractivity (Wildman–Crippen MR) is 93.5 cm³/mol. The van der Waals surface area contributed by atoms with E-state index in [2.05, 4.69) is 27.7 Å². The van der Waals surface area contributed by atoms with E-state index >= 15 is 0 Å². The molecule has 3 heteroatoms. The molecule has 0 saturated heterocycles. The first-order valence-electron chi connectivity index (χ1n) is 8.06. The summed E-state index contributed by atoms with van der Waals surface area (Å²) < 4.78 is 0. The molecule has 0 spiro atoms. The molecule has 0 unspecified atom stereocenters. The maximum Gasteiger partial charge on any atom is 0.140 e. The van der Waals surface area contributed by atoms with Crippen LogP contribution in [-0.4, -0.2) is 5.11 Å². The van der Waals surface area contributed by atoms with Crippen LogP contribution in [0.4, 0.5) is 5.69 Å². The van der Waals surface area contributed by atoms with Crippen molar-refractivity contribution in [2.75, 3.05) is 5.01 Å². The van der Waals surface area contributed by atoms with Crippen molar-refractivity contribution in [3.8, 4) is 5.75 Å². The maximum absolute atomic E-state index is 10.1. The summed E-state index contributed by atoms with van der Waals surface area (Å²) in [5.74, 6) is 6.66. The number of hydrogen-bond acceptors (Lipinski definition) is 3. The Morgan fingerprint density at radius 2 is 1.90 bits per heavy atom. The van der Waals surface area contributed by atoms with Crippen molar-refractivity contribution in [3.05, 3.63) is 35.5 Å². The normalized spacial score (nSPS) is 11.1. The number of phenolic OH excluding ortho intramolecular Hbond substituents is 1. The Balaban J connectivity index is 0.00000191. The van der Waals surface area contributed by atoms with Crippen LogP contribution < -0.4 is 10.9 Å². The van der Waals surface area contributed by atoms with Gasteiger partial charge in [0.05, 0.1) is 5.69 Å². The molecule has 0 aromatic heterocycles. The number of hydrogen-bond donors (Lipinski definition) is 2. The van der Waals surface area contributed by atoms with Crippen LogP contribution in [0.25, 0.3) is 0 Å². The molecule has 0 amide bonds. The quantitative estimate of drug-likeness (QED) is 0.551. The molecular formula is C18H32N2O. The molecule has 0 heterocycles. The van der Waals surface area contributed by atoms with Crippen molar-refractivity contribution < 1.29 is 5.11 Å². The van der Waals surface area contributed by atoms with Gasteiger partial charge in [-0.1, -0.05) is 59.6 Å². The predicted octanol–water partition coefficient (Wildman–Crippen LogP) is 5.32. The number of hydrazine groups is 1. The fourth-order valence-electron chi connectivity index (χ4n) is 2.04. The Labute approximate surface area is 130 Å². The zero-order valence-corrected chi connectivity index (χ0v) is 14.5. The molecule has 120 valence electrons. The summed E-state index contributed by atoms with van der Waals surface area (Å²) in [6.07, 6.45) is 5.04. The first-order chi connectivity index (χ1) is 9.99. The van der Waals surface area contributed by atoms with Crippen LogP contribution in [0.2, 0.25) is 0 Å². The summed E-state index contributed by atoms with van der Waals surface area (Å²) in [6.45, 7) is 12.5. The lowest BCUT2D eigenvalue weighted by Crippen LogP contribution is -2.25. The van der Waals surface area contributed by atoms with Crippen LogP contribution in [0, 0.1) is 0 Å². The lowest BCUT2D eigenvalue weighted by Gasteiger charge is -2.18. The Hall–Kier alpha value is -1.48. The van der Waals surface area contributed by atoms with Gasteiger partial charge in [0.2, 0.25) is 0 Å². The van der Waals surface area contributed by atoms with Gasteiger partial charge in [-0.2, -0.15) is 0 Å². The molecule has 0 aliphatic heterocycles. The lowest BCUT2D eigenvalue weighted by atomic mass is 10.0. The van der Waals surface area contributed by atoms with Gasteiger partial charge >= 0.3 is 0 Å². The molecule has 1 aromatic carbocycles. The fourth-order valence-corrected chi connectivity index (χ4v) is 2.04. The van der Waals surface area contributed by atoms with E-state index in [0.717, 1.165) is 24.8 Å². The van der Waals surface area contributed by atoms with Crippen molar-refractivity contribution >= 4 is 5.69 Å². The maximum atomic E-state index is 10.1. The number of rotatable bonds is 6. The smallest absolute Gasteiger partial charge is 0.140 e. The van der Waals surface area contributed by atoms with E-state index in [1.165, 1.54) is 10.6 Å². The minimum absolute atomic E-state index is 0.233. The van der Waals surface area contributed by atoms with Crippen LogP contribution in [0.5, 0.6) is 5.75 Å². The van der Waals surface area contributed by atoms with Gasteiger partial charge in [-0.15, -0.1) is 0 Å². The summed E-state index contributed by atoms with van der Waals surface area (Å²) in [5.41, 5.74) is 3.05. The Morgan fingerprint density at radius 1 is 1.29 bits per heavy atom. The monoisotopic (exact) mass is 292 g/mol. The van der Waals surface area contributed by atoms with Gasteiger partial charge in [-0.3, -0.25) is 5.01 Å². The zero-order chi connectivity index (χ0) is 16.4. The highest BCUT2D eigenvalue weighted by molar-refractivity contribution is 5.60. The number of benzene rings is 1. The van der Waals surface area contributed by atoms with E-state index < -0.39 is 0 Å². The topological polar surface area (TPSA) is 49.5 Å². The standard InChI is InChI=1S/C16H26N2O.C2H6/c1-5-7-13(6-2)11-18(17)15-9-8-14(12(3)4)10-16(15)19;1-2/h8-12,19H,5-7,17H2,1-4H3;1-2H3/b13-11-;. The summed E-state index contributed by atoms with van der Waals surface area (Å²) in [4.78, 5) is 0. The van der Waals surface area contributed by atoms with E-state index in [9.17, 15) is 5.11 Å². The van der Waals surface area contributed by atoms with Gasteiger partial charge < -0.3 is 5.11 Å². The number of phenols is 1. The van der Waals surface area contributed by atoms with Gasteiger partial charge in [0.25, 0.3) is 0 Å². The van der Waals surface area contributed by atoms with Crippen LogP contribution in [0.15, 0.2) is 30.0 Å². The lowest BCUT2D eigenvalue weighted by molar-refractivity contribution is 0.474. The Kier molecular flexibility index (Phi) is 9.55. The third-order valence-electron chi connectivity index (χ3n) is 3.29. The highest BCUT2D eigenvalue weighted by atomic mass is 16.3. The number of aromatic hydroxyl groups is 1. The van der Waals surface area contributed by atoms with Gasteiger partial charge in [-0.05, 0) is 36.5 Å². The number of nitrogens with zero attached hydrogens (tertiary/aromatic N) is 1. The second kappa shape index (κ2) is 10.3. The van der Waals surface area contributed by atoms with Crippen molar-refractivity contribution in [1.29, 1.82) is 0 Å². The average Bonchev–Trinajstić information content (AvgIpc) is 2.48. The first-order valence-corrected chi connectivity index (χ1v) is 8.06. The third kappa shape index (κ3) is 6.21. The number of nitrogens with two attached hydrogens (primary N) is 1. The van der Waals surface area contributed by atoms with Gasteiger partial charge in [0.1, 0.15) is 5.75 Å². The summed E-state index contributed by atoms with van der Waals surface area (Å²) in [7, 11) is 0. The number of allylic oxidation sites excluding steroid dienone is 1. The van der Waals surface area contributed by atoms with Crippen molar-refractivity contribution in [2.24, 2.45) is 5.84 Å². The minimum Gasteiger partial charge on any atom is -0.506 e. The average molecular weight is 292 g/mol. The van der Waals surface area contributed by atoms with E-state index in [1.54, 1.807) is 6.07 Å². The first kappa shape index (κ1) is 19.5. The second-order valence-corrected chi connectivity index (χ2v) is 5.20. The zero-order valence-electron chi connectivity index (χ0n) is 14.5. The molecule has 0 atom stereocenters. The van der Waals surface area contributed by atoms with Crippen LogP contribution in [0.1, 0.15) is 72.3 Å². The molecule has 3 N–H and O–H groups in total. The molecule has 0 radical (unpaired) electrons. The summed E-state index contributed by atoms with van der Waals surface area (Å²) >= 11 is 0. The van der Waals surface area contributed by atoms with E-state index in [4.69, 9.17) is 5.84 Å². The molecule has 1 rings (SSSR count). The Morgan fingerprint density at radius 3 is 2.33 bits per heavy atom. The summed E-state index contributed by atoms with van der Waals surface area (Å²) in [6, 6.07) is 5.68. The van der Waals surface area contributed by atoms with Gasteiger partial charge in [0, 0.05) is 6.20 Å². The Bertz CT molecular complexity index is 439. The molecule has 0 saturated carbocycles. The molecule has 1 aromatic rings. The van der Waals surface area contributed by atoms with Crippen molar-refractivity contribution in [2.45, 2.75) is 66.7 Å². The van der Waals surface area contributed by atoms with E-state index in [1.807, 2.05) is 32.2 Å². The highest BCUT2D eigenvalue weighted by Crippen LogP contribution is 2.30. The largest absolute Gasteiger partial charge is 0.506 e. The molecule has 0 aliphatic carbocycles. The van der Waals surface area contributed by atoms with Crippen LogP contribution >= 0.6 is 0 Å². The van der Waals surface area contributed by atoms with Gasteiger partial charge in [-0.25, -0.2) is 5.84 Å². The van der Waals surface area contributed by atoms with E-state index in [-0.39, 0.29) is 5.75 Å². The van der Waals surface area contributed by atoms with Crippen molar-refractivity contribution in [3.63, 3.8) is 0 Å². The highest BCUT2D eigenvalue weighted by Gasteiger charge is 2.09. The third-order valence-corrected chi connectivity index (χ3v) is 3.29. The summed E-state index contributed by atoms with van der Waals surface area (Å²) in [5, 5.41) is 11.6. The number of anilines is 1. The van der Waals surface area contributed by atoms with Crippen molar-refractivity contribution in [1.82, 2.24) is 0 Å².